The second-order valence-electron chi connectivity index (χ2n) is 3.91. The summed E-state index contributed by atoms with van der Waals surface area (Å²) >= 11 is 0. The van der Waals surface area contributed by atoms with Gasteiger partial charge in [0.25, 0.3) is 0 Å². The molecule has 16 heavy (non-hydrogen) atoms. The summed E-state index contributed by atoms with van der Waals surface area (Å²) in [5.74, 6) is 0.770. The van der Waals surface area contributed by atoms with E-state index in [4.69, 9.17) is 9.47 Å². The van der Waals surface area contributed by atoms with Gasteiger partial charge in [-0.05, 0) is 25.5 Å². The molecule has 3 heteroatoms. The SMILES string of the molecule is COCCCOc1cc(C)ccc1[C@@H](C)O. The van der Waals surface area contributed by atoms with Crippen molar-refractivity contribution < 1.29 is 14.6 Å². The molecule has 90 valence electrons. The highest BCUT2D eigenvalue weighted by molar-refractivity contribution is 5.38. The first-order valence-corrected chi connectivity index (χ1v) is 5.55. The molecule has 3 nitrogen and oxygen atoms in total. The van der Waals surface area contributed by atoms with Gasteiger partial charge >= 0.3 is 0 Å². The predicted molar refractivity (Wildman–Crippen MR) is 63.8 cm³/mol. The maximum atomic E-state index is 9.59. The Bertz CT molecular complexity index is 321. The van der Waals surface area contributed by atoms with Crippen LogP contribution in [-0.4, -0.2) is 25.4 Å². The highest BCUT2D eigenvalue weighted by Gasteiger charge is 2.08. The first kappa shape index (κ1) is 13.0. The molecule has 1 rings (SSSR count). The summed E-state index contributed by atoms with van der Waals surface area (Å²) in [6, 6.07) is 5.84. The van der Waals surface area contributed by atoms with Gasteiger partial charge in [-0.1, -0.05) is 12.1 Å². The van der Waals surface area contributed by atoms with Crippen molar-refractivity contribution in [2.75, 3.05) is 20.3 Å². The monoisotopic (exact) mass is 224 g/mol. The van der Waals surface area contributed by atoms with Crippen molar-refractivity contribution >= 4 is 0 Å². The van der Waals surface area contributed by atoms with Crippen LogP contribution in [-0.2, 0) is 4.74 Å². The fourth-order valence-corrected chi connectivity index (χ4v) is 1.50. The van der Waals surface area contributed by atoms with Gasteiger partial charge in [0.05, 0.1) is 12.7 Å². The largest absolute Gasteiger partial charge is 0.493 e. The third-order valence-corrected chi connectivity index (χ3v) is 2.37. The van der Waals surface area contributed by atoms with Gasteiger partial charge in [-0.25, -0.2) is 0 Å². The number of aliphatic hydroxyl groups excluding tert-OH is 1. The zero-order chi connectivity index (χ0) is 12.0. The Hall–Kier alpha value is -1.06. The van der Waals surface area contributed by atoms with E-state index in [1.807, 2.05) is 25.1 Å². The van der Waals surface area contributed by atoms with Crippen LogP contribution in [0.25, 0.3) is 0 Å². The lowest BCUT2D eigenvalue weighted by Gasteiger charge is -2.14. The Balaban J connectivity index is 2.65. The van der Waals surface area contributed by atoms with E-state index in [0.29, 0.717) is 13.2 Å². The third kappa shape index (κ3) is 3.83. The molecule has 0 aromatic heterocycles. The van der Waals surface area contributed by atoms with Crippen molar-refractivity contribution in [3.05, 3.63) is 29.3 Å². The summed E-state index contributed by atoms with van der Waals surface area (Å²) in [7, 11) is 1.67. The van der Waals surface area contributed by atoms with Crippen LogP contribution in [0.15, 0.2) is 18.2 Å². The highest BCUT2D eigenvalue weighted by Crippen LogP contribution is 2.26. The first-order chi connectivity index (χ1) is 7.65. The molecular formula is C13H20O3. The molecule has 0 spiro atoms. The van der Waals surface area contributed by atoms with E-state index in [0.717, 1.165) is 23.3 Å². The van der Waals surface area contributed by atoms with Crippen molar-refractivity contribution in [2.45, 2.75) is 26.4 Å². The van der Waals surface area contributed by atoms with Crippen LogP contribution in [0.1, 0.15) is 30.6 Å². The Morgan fingerprint density at radius 1 is 1.31 bits per heavy atom. The molecule has 0 heterocycles. The van der Waals surface area contributed by atoms with Crippen LogP contribution in [0.5, 0.6) is 5.75 Å². The number of benzene rings is 1. The van der Waals surface area contributed by atoms with Crippen LogP contribution in [0.4, 0.5) is 0 Å². The average molecular weight is 224 g/mol. The summed E-state index contributed by atoms with van der Waals surface area (Å²) in [4.78, 5) is 0. The zero-order valence-electron chi connectivity index (χ0n) is 10.2. The van der Waals surface area contributed by atoms with Gasteiger partial charge in [0.2, 0.25) is 0 Å². The molecule has 0 aliphatic rings. The number of aliphatic hydroxyl groups is 1. The molecule has 1 aromatic rings. The number of ether oxygens (including phenoxy) is 2. The van der Waals surface area contributed by atoms with Crippen molar-refractivity contribution in [2.24, 2.45) is 0 Å². The van der Waals surface area contributed by atoms with E-state index >= 15 is 0 Å². The number of methoxy groups -OCH3 is 1. The molecule has 0 bridgehead atoms. The van der Waals surface area contributed by atoms with E-state index in [9.17, 15) is 5.11 Å². The molecule has 1 N–H and O–H groups in total. The molecule has 0 unspecified atom stereocenters. The standard InChI is InChI=1S/C13H20O3/c1-10-5-6-12(11(2)14)13(9-10)16-8-4-7-15-3/h5-6,9,11,14H,4,7-8H2,1-3H3/t11-/m1/s1. The lowest BCUT2D eigenvalue weighted by atomic mass is 10.1. The van der Waals surface area contributed by atoms with Crippen LogP contribution < -0.4 is 4.74 Å². The quantitative estimate of drug-likeness (QED) is 0.754. The van der Waals surface area contributed by atoms with Gasteiger partial charge in [0.15, 0.2) is 0 Å². The molecule has 0 fully saturated rings. The lowest BCUT2D eigenvalue weighted by Crippen LogP contribution is -2.04. The molecule has 0 aliphatic carbocycles. The van der Waals surface area contributed by atoms with E-state index in [-0.39, 0.29) is 0 Å². The maximum Gasteiger partial charge on any atom is 0.125 e. The normalized spacial score (nSPS) is 12.5. The van der Waals surface area contributed by atoms with Crippen molar-refractivity contribution in [1.29, 1.82) is 0 Å². The molecule has 0 amide bonds. The minimum Gasteiger partial charge on any atom is -0.493 e. The second-order valence-corrected chi connectivity index (χ2v) is 3.91. The summed E-state index contributed by atoms with van der Waals surface area (Å²) in [6.45, 7) is 5.05. The van der Waals surface area contributed by atoms with E-state index < -0.39 is 6.10 Å². The maximum absolute atomic E-state index is 9.59. The summed E-state index contributed by atoms with van der Waals surface area (Å²) in [6.07, 6.45) is 0.349. The fraction of sp³-hybridized carbons (Fsp3) is 0.538. The van der Waals surface area contributed by atoms with Crippen LogP contribution >= 0.6 is 0 Å². The summed E-state index contributed by atoms with van der Waals surface area (Å²) in [5.41, 5.74) is 1.97. The number of aryl methyl sites for hydroxylation is 1. The van der Waals surface area contributed by atoms with Crippen LogP contribution in [0, 0.1) is 6.92 Å². The minimum atomic E-state index is -0.502. The molecule has 0 saturated heterocycles. The zero-order valence-corrected chi connectivity index (χ0v) is 10.2. The topological polar surface area (TPSA) is 38.7 Å². The number of hydrogen-bond donors (Lipinski definition) is 1. The third-order valence-electron chi connectivity index (χ3n) is 2.37. The number of rotatable bonds is 6. The molecule has 1 atom stereocenters. The fourth-order valence-electron chi connectivity index (χ4n) is 1.50. The predicted octanol–water partition coefficient (Wildman–Crippen LogP) is 2.46. The molecular weight excluding hydrogens is 204 g/mol. The average Bonchev–Trinajstić information content (AvgIpc) is 2.24. The summed E-state index contributed by atoms with van der Waals surface area (Å²) in [5, 5.41) is 9.59. The van der Waals surface area contributed by atoms with Gasteiger partial charge in [-0.3, -0.25) is 0 Å². The first-order valence-electron chi connectivity index (χ1n) is 5.55. The van der Waals surface area contributed by atoms with Crippen LogP contribution in [0.3, 0.4) is 0 Å². The van der Waals surface area contributed by atoms with Gasteiger partial charge < -0.3 is 14.6 Å². The number of hydrogen-bond acceptors (Lipinski definition) is 3. The Kier molecular flexibility index (Phi) is 5.29. The van der Waals surface area contributed by atoms with Crippen molar-refractivity contribution in [3.8, 4) is 5.75 Å². The lowest BCUT2D eigenvalue weighted by molar-refractivity contribution is 0.166. The van der Waals surface area contributed by atoms with Crippen LogP contribution in [0.2, 0.25) is 0 Å². The molecule has 0 saturated carbocycles. The van der Waals surface area contributed by atoms with Gasteiger partial charge in [-0.15, -0.1) is 0 Å². The molecule has 0 aliphatic heterocycles. The van der Waals surface area contributed by atoms with Gasteiger partial charge in [0, 0.05) is 25.7 Å². The Morgan fingerprint density at radius 3 is 2.69 bits per heavy atom. The minimum absolute atomic E-state index is 0.502. The van der Waals surface area contributed by atoms with Gasteiger partial charge in [0.1, 0.15) is 5.75 Å². The van der Waals surface area contributed by atoms with E-state index in [1.165, 1.54) is 0 Å². The van der Waals surface area contributed by atoms with Gasteiger partial charge in [-0.2, -0.15) is 0 Å². The Morgan fingerprint density at radius 2 is 2.06 bits per heavy atom. The Labute approximate surface area is 97.0 Å². The van der Waals surface area contributed by atoms with E-state index in [1.54, 1.807) is 14.0 Å². The van der Waals surface area contributed by atoms with Crippen molar-refractivity contribution in [3.63, 3.8) is 0 Å². The van der Waals surface area contributed by atoms with Crippen molar-refractivity contribution in [1.82, 2.24) is 0 Å². The molecule has 0 radical (unpaired) electrons. The second kappa shape index (κ2) is 6.51. The molecule has 1 aromatic carbocycles. The summed E-state index contributed by atoms with van der Waals surface area (Å²) < 4.78 is 10.6. The smallest absolute Gasteiger partial charge is 0.125 e. The highest BCUT2D eigenvalue weighted by atomic mass is 16.5. The van der Waals surface area contributed by atoms with E-state index in [2.05, 4.69) is 0 Å².